The number of rotatable bonds is 5. The summed E-state index contributed by atoms with van der Waals surface area (Å²) in [6.07, 6.45) is 1.79. The van der Waals surface area contributed by atoms with Crippen LogP contribution in [0.3, 0.4) is 0 Å². The third-order valence-corrected chi connectivity index (χ3v) is 6.78. The summed E-state index contributed by atoms with van der Waals surface area (Å²) in [5.41, 5.74) is 4.17. The minimum Gasteiger partial charge on any atom is -0.269 e. The third kappa shape index (κ3) is 4.50. The highest BCUT2D eigenvalue weighted by Crippen LogP contribution is 2.23. The number of piperidine rings is 1. The molecule has 5 nitrogen and oxygen atoms in total. The van der Waals surface area contributed by atoms with Crippen LogP contribution in [0.15, 0.2) is 30.3 Å². The molecular weight excluding hydrogens is 334 g/mol. The molecule has 25 heavy (non-hydrogen) atoms. The van der Waals surface area contributed by atoms with E-state index in [0.717, 1.165) is 36.2 Å². The second kappa shape index (κ2) is 7.30. The van der Waals surface area contributed by atoms with Gasteiger partial charge in [-0.25, -0.2) is 12.7 Å². The van der Waals surface area contributed by atoms with Crippen molar-refractivity contribution in [2.24, 2.45) is 5.92 Å². The van der Waals surface area contributed by atoms with Gasteiger partial charge in [-0.05, 0) is 51.2 Å². The number of aromatic nitrogens is 2. The lowest BCUT2D eigenvalue weighted by Crippen LogP contribution is -2.40. The van der Waals surface area contributed by atoms with Crippen LogP contribution in [0.4, 0.5) is 0 Å². The maximum Gasteiger partial charge on any atom is 0.218 e. The molecule has 0 spiro atoms. The summed E-state index contributed by atoms with van der Waals surface area (Å²) in [6.45, 7) is 8.16. The molecule has 0 saturated carbocycles. The molecule has 1 aliphatic heterocycles. The minimum absolute atomic E-state index is 0.0941. The molecule has 1 saturated heterocycles. The molecule has 0 atom stereocenters. The van der Waals surface area contributed by atoms with E-state index in [2.05, 4.69) is 22.8 Å². The van der Waals surface area contributed by atoms with Gasteiger partial charge in [0.25, 0.3) is 0 Å². The summed E-state index contributed by atoms with van der Waals surface area (Å²) >= 11 is 0. The molecule has 0 amide bonds. The Morgan fingerprint density at radius 3 is 2.44 bits per heavy atom. The van der Waals surface area contributed by atoms with Crippen LogP contribution in [0.2, 0.25) is 0 Å². The molecule has 1 aliphatic rings. The molecule has 0 N–H and O–H groups in total. The number of hydrogen-bond acceptors (Lipinski definition) is 3. The fraction of sp³-hybridized carbons (Fsp3) is 0.526. The lowest BCUT2D eigenvalue weighted by Gasteiger charge is -2.31. The molecule has 136 valence electrons. The maximum absolute atomic E-state index is 12.7. The topological polar surface area (TPSA) is 55.2 Å². The molecule has 3 rings (SSSR count). The van der Waals surface area contributed by atoms with Crippen LogP contribution in [-0.4, -0.2) is 35.6 Å². The van der Waals surface area contributed by atoms with E-state index in [9.17, 15) is 8.42 Å². The molecule has 0 bridgehead atoms. The molecule has 1 aromatic carbocycles. The van der Waals surface area contributed by atoms with Gasteiger partial charge < -0.3 is 0 Å². The number of hydrogen-bond donors (Lipinski definition) is 0. The van der Waals surface area contributed by atoms with E-state index >= 15 is 0 Å². The van der Waals surface area contributed by atoms with Crippen LogP contribution < -0.4 is 0 Å². The Morgan fingerprint density at radius 2 is 1.84 bits per heavy atom. The largest absolute Gasteiger partial charge is 0.269 e. The Bertz CT molecular complexity index is 834. The lowest BCUT2D eigenvalue weighted by molar-refractivity contribution is 0.246. The van der Waals surface area contributed by atoms with Gasteiger partial charge >= 0.3 is 0 Å². The second-order valence-electron chi connectivity index (χ2n) is 7.20. The van der Waals surface area contributed by atoms with Crippen molar-refractivity contribution in [1.82, 2.24) is 14.1 Å². The van der Waals surface area contributed by atoms with Crippen LogP contribution >= 0.6 is 0 Å². The van der Waals surface area contributed by atoms with Crippen molar-refractivity contribution >= 4 is 10.0 Å². The van der Waals surface area contributed by atoms with Crippen LogP contribution in [-0.2, 0) is 22.3 Å². The summed E-state index contributed by atoms with van der Waals surface area (Å²) in [5.74, 6) is 0.583. The Morgan fingerprint density at radius 1 is 1.12 bits per heavy atom. The third-order valence-electron chi connectivity index (χ3n) is 4.93. The van der Waals surface area contributed by atoms with Gasteiger partial charge in [0.2, 0.25) is 10.0 Å². The molecule has 0 unspecified atom stereocenters. The van der Waals surface area contributed by atoms with Crippen molar-refractivity contribution in [1.29, 1.82) is 0 Å². The van der Waals surface area contributed by atoms with Crippen LogP contribution in [0.1, 0.15) is 35.4 Å². The van der Waals surface area contributed by atoms with Crippen molar-refractivity contribution in [3.8, 4) is 0 Å². The first-order valence-corrected chi connectivity index (χ1v) is 10.5. The number of aryl methyl sites for hydroxylation is 3. The van der Waals surface area contributed by atoms with Gasteiger partial charge in [0.1, 0.15) is 0 Å². The summed E-state index contributed by atoms with van der Waals surface area (Å²) in [4.78, 5) is 0. The van der Waals surface area contributed by atoms with Gasteiger partial charge in [-0.3, -0.25) is 4.68 Å². The number of sulfonamides is 1. The highest BCUT2D eigenvalue weighted by Gasteiger charge is 2.28. The number of benzene rings is 1. The van der Waals surface area contributed by atoms with Gasteiger partial charge in [0, 0.05) is 25.3 Å². The first kappa shape index (κ1) is 18.1. The van der Waals surface area contributed by atoms with Crippen molar-refractivity contribution in [2.75, 3.05) is 13.1 Å². The van der Waals surface area contributed by atoms with Crippen molar-refractivity contribution in [3.63, 3.8) is 0 Å². The number of nitrogens with zero attached hydrogens (tertiary/aromatic N) is 3. The summed E-state index contributed by atoms with van der Waals surface area (Å²) in [6, 6.07) is 9.83. The van der Waals surface area contributed by atoms with E-state index < -0.39 is 10.0 Å². The Kier molecular flexibility index (Phi) is 5.29. The van der Waals surface area contributed by atoms with Crippen LogP contribution in [0.25, 0.3) is 0 Å². The fourth-order valence-electron chi connectivity index (χ4n) is 3.58. The summed E-state index contributed by atoms with van der Waals surface area (Å²) in [7, 11) is -3.24. The maximum atomic E-state index is 12.7. The van der Waals surface area contributed by atoms with Gasteiger partial charge in [0.05, 0.1) is 11.4 Å². The predicted molar refractivity (Wildman–Crippen MR) is 99.8 cm³/mol. The fourth-order valence-corrected chi connectivity index (χ4v) is 5.13. The summed E-state index contributed by atoms with van der Waals surface area (Å²) in [5, 5.41) is 4.52. The van der Waals surface area contributed by atoms with Crippen LogP contribution in [0.5, 0.6) is 0 Å². The molecule has 6 heteroatoms. The van der Waals surface area contributed by atoms with E-state index in [1.807, 2.05) is 38.1 Å². The van der Waals surface area contributed by atoms with E-state index in [0.29, 0.717) is 19.0 Å². The summed E-state index contributed by atoms with van der Waals surface area (Å²) < 4.78 is 29.1. The quantitative estimate of drug-likeness (QED) is 0.822. The monoisotopic (exact) mass is 361 g/mol. The zero-order chi connectivity index (χ0) is 18.0. The molecule has 1 aromatic heterocycles. The van der Waals surface area contributed by atoms with E-state index in [1.165, 1.54) is 5.69 Å². The zero-order valence-corrected chi connectivity index (χ0v) is 16.1. The Hall–Kier alpha value is -1.66. The molecule has 0 aliphatic carbocycles. The average molecular weight is 362 g/mol. The van der Waals surface area contributed by atoms with Gasteiger partial charge in [0.15, 0.2) is 0 Å². The normalized spacial score (nSPS) is 17.1. The Labute approximate surface area is 150 Å². The van der Waals surface area contributed by atoms with Crippen molar-refractivity contribution < 1.29 is 8.42 Å². The van der Waals surface area contributed by atoms with Gasteiger partial charge in [-0.2, -0.15) is 5.10 Å². The molecule has 2 aromatic rings. The predicted octanol–water partition coefficient (Wildman–Crippen LogP) is 3.05. The average Bonchev–Trinajstić information content (AvgIpc) is 2.85. The smallest absolute Gasteiger partial charge is 0.218 e. The molecular formula is C19H27N3O2S. The molecule has 2 heterocycles. The standard InChI is InChI=1S/C19H27N3O2S/c1-15-5-4-6-19(11-15)14-25(23,24)21-9-7-18(8-10-21)13-22-17(3)12-16(2)20-22/h4-6,11-12,18H,7-10,13-14H2,1-3H3. The molecule has 0 radical (unpaired) electrons. The highest BCUT2D eigenvalue weighted by molar-refractivity contribution is 7.88. The van der Waals surface area contributed by atoms with E-state index in [-0.39, 0.29) is 5.75 Å². The van der Waals surface area contributed by atoms with E-state index in [4.69, 9.17) is 0 Å². The van der Waals surface area contributed by atoms with Gasteiger partial charge in [-0.1, -0.05) is 29.8 Å². The Balaban J connectivity index is 1.58. The van der Waals surface area contributed by atoms with Crippen molar-refractivity contribution in [2.45, 2.75) is 45.9 Å². The van der Waals surface area contributed by atoms with Crippen LogP contribution in [0, 0.1) is 26.7 Å². The first-order chi connectivity index (χ1) is 11.8. The van der Waals surface area contributed by atoms with E-state index in [1.54, 1.807) is 4.31 Å². The highest BCUT2D eigenvalue weighted by atomic mass is 32.2. The van der Waals surface area contributed by atoms with Crippen molar-refractivity contribution in [3.05, 3.63) is 52.8 Å². The zero-order valence-electron chi connectivity index (χ0n) is 15.3. The molecule has 1 fully saturated rings. The lowest BCUT2D eigenvalue weighted by atomic mass is 9.98. The second-order valence-corrected chi connectivity index (χ2v) is 9.17. The first-order valence-electron chi connectivity index (χ1n) is 8.88. The van der Waals surface area contributed by atoms with Gasteiger partial charge in [-0.15, -0.1) is 0 Å². The SMILES string of the molecule is Cc1cccc(CS(=O)(=O)N2CCC(Cn3nc(C)cc3C)CC2)c1. The minimum atomic E-state index is -3.24.